The number of nitrogens with one attached hydrogen (secondary N) is 1. The second-order valence-electron chi connectivity index (χ2n) is 11.1. The summed E-state index contributed by atoms with van der Waals surface area (Å²) < 4.78 is 1.87. The molecule has 0 spiro atoms. The highest BCUT2D eigenvalue weighted by Gasteiger charge is 2.21. The molecule has 0 bridgehead atoms. The maximum atomic E-state index is 11.5. The van der Waals surface area contributed by atoms with E-state index in [-0.39, 0.29) is 5.41 Å². The second-order valence-corrected chi connectivity index (χ2v) is 11.1. The predicted octanol–water partition coefficient (Wildman–Crippen LogP) is 4.60. The number of para-hydroxylation sites is 1. The quantitative estimate of drug-likeness (QED) is 0.363. The van der Waals surface area contributed by atoms with Crippen LogP contribution in [0.4, 0.5) is 5.69 Å². The Balaban J connectivity index is 1.16. The van der Waals surface area contributed by atoms with Gasteiger partial charge in [-0.1, -0.05) is 51.1 Å². The van der Waals surface area contributed by atoms with Gasteiger partial charge in [0.15, 0.2) is 0 Å². The molecular weight excluding hydrogens is 474 g/mol. The minimum absolute atomic E-state index is 0.126. The lowest BCUT2D eigenvalue weighted by Crippen LogP contribution is -2.46. The van der Waals surface area contributed by atoms with Crippen LogP contribution in [0.25, 0.3) is 28.1 Å². The van der Waals surface area contributed by atoms with E-state index in [4.69, 9.17) is 15.7 Å². The molecule has 0 aliphatic carbocycles. The first-order chi connectivity index (χ1) is 18.2. The van der Waals surface area contributed by atoms with E-state index in [1.165, 1.54) is 11.3 Å². The van der Waals surface area contributed by atoms with Crippen molar-refractivity contribution in [1.82, 2.24) is 24.3 Å². The molecule has 38 heavy (non-hydrogen) atoms. The summed E-state index contributed by atoms with van der Waals surface area (Å²) in [5.74, 6) is 0.466. The largest absolute Gasteiger partial charge is 0.367 e. The molecule has 8 nitrogen and oxygen atoms in total. The van der Waals surface area contributed by atoms with Crippen LogP contribution in [0.1, 0.15) is 42.4 Å². The summed E-state index contributed by atoms with van der Waals surface area (Å²) in [7, 11) is 0. The number of rotatable bonds is 5. The summed E-state index contributed by atoms with van der Waals surface area (Å²) in [4.78, 5) is 29.6. The Kier molecular flexibility index (Phi) is 5.91. The van der Waals surface area contributed by atoms with Crippen molar-refractivity contribution >= 4 is 28.3 Å². The van der Waals surface area contributed by atoms with Gasteiger partial charge >= 0.3 is 0 Å². The average molecular weight is 508 g/mol. The monoisotopic (exact) mass is 507 g/mol. The number of piperazine rings is 1. The molecule has 1 saturated heterocycles. The van der Waals surface area contributed by atoms with E-state index in [9.17, 15) is 4.79 Å². The van der Waals surface area contributed by atoms with Crippen molar-refractivity contribution in [3.8, 4) is 11.4 Å². The number of primary amides is 1. The summed E-state index contributed by atoms with van der Waals surface area (Å²) in [5.41, 5.74) is 13.5. The first-order valence-electron chi connectivity index (χ1n) is 13.1. The normalized spacial score (nSPS) is 15.0. The van der Waals surface area contributed by atoms with Gasteiger partial charge in [-0.25, -0.2) is 9.97 Å². The zero-order valence-electron chi connectivity index (χ0n) is 22.1. The molecule has 3 N–H and O–H groups in total. The van der Waals surface area contributed by atoms with Crippen molar-refractivity contribution in [2.75, 3.05) is 31.1 Å². The number of H-pyrrole nitrogens is 1. The molecule has 8 heteroatoms. The number of aromatic amines is 1. The predicted molar refractivity (Wildman–Crippen MR) is 151 cm³/mol. The van der Waals surface area contributed by atoms with Gasteiger partial charge in [-0.15, -0.1) is 0 Å². The van der Waals surface area contributed by atoms with Gasteiger partial charge < -0.3 is 20.0 Å². The molecule has 194 valence electrons. The Morgan fingerprint density at radius 1 is 0.947 bits per heavy atom. The third-order valence-corrected chi connectivity index (χ3v) is 7.40. The van der Waals surface area contributed by atoms with Crippen LogP contribution in [0.5, 0.6) is 0 Å². The molecule has 0 saturated carbocycles. The van der Waals surface area contributed by atoms with E-state index in [2.05, 4.69) is 78.0 Å². The molecule has 5 aromatic rings. The van der Waals surface area contributed by atoms with Gasteiger partial charge in [-0.3, -0.25) is 9.69 Å². The maximum absolute atomic E-state index is 11.5. The third-order valence-electron chi connectivity index (χ3n) is 7.40. The summed E-state index contributed by atoms with van der Waals surface area (Å²) in [6, 6.07) is 18.6. The fourth-order valence-electron chi connectivity index (χ4n) is 5.18. The smallest absolute Gasteiger partial charge is 0.250 e. The van der Waals surface area contributed by atoms with Crippen molar-refractivity contribution in [3.05, 3.63) is 83.8 Å². The second kappa shape index (κ2) is 9.29. The van der Waals surface area contributed by atoms with Gasteiger partial charge in [-0.05, 0) is 35.2 Å². The third kappa shape index (κ3) is 4.63. The number of amides is 1. The standard InChI is InChI=1S/C30H33N7O/c1-30(2,3)22-10-7-20(8-11-22)29-33-24-5-4-6-25(27(24)34-29)36-15-13-35(14-16-36)18-23-19-37-17-21(28(31)38)9-12-26(37)32-23/h4-12,17,19H,13-16,18H2,1-3H3,(H2,31,38)(H,33,34). The molecule has 0 radical (unpaired) electrons. The van der Waals surface area contributed by atoms with Crippen molar-refractivity contribution in [2.45, 2.75) is 32.7 Å². The molecule has 0 atom stereocenters. The van der Waals surface area contributed by atoms with E-state index >= 15 is 0 Å². The number of carbonyl (C=O) groups is 1. The average Bonchev–Trinajstić information content (AvgIpc) is 3.52. The van der Waals surface area contributed by atoms with Gasteiger partial charge in [0.1, 0.15) is 17.0 Å². The van der Waals surface area contributed by atoms with Crippen LogP contribution in [0, 0.1) is 0 Å². The Labute approximate surface area is 222 Å². The van der Waals surface area contributed by atoms with Crippen LogP contribution in [0.15, 0.2) is 67.0 Å². The molecule has 6 rings (SSSR count). The number of hydrogen-bond donors (Lipinski definition) is 2. The molecule has 0 unspecified atom stereocenters. The number of fused-ring (bicyclic) bond motifs is 2. The van der Waals surface area contributed by atoms with Gasteiger partial charge in [0, 0.05) is 50.7 Å². The SMILES string of the molecule is CC(C)(C)c1ccc(-c2nc3c(N4CCN(Cc5cn6cc(C(N)=O)ccc6n5)CC4)cccc3[nH]2)cc1. The highest BCUT2D eigenvalue weighted by atomic mass is 16.1. The van der Waals surface area contributed by atoms with E-state index in [1.807, 2.05) is 16.7 Å². The van der Waals surface area contributed by atoms with Crippen LogP contribution < -0.4 is 10.6 Å². The lowest BCUT2D eigenvalue weighted by Gasteiger charge is -2.35. The number of pyridine rings is 1. The number of nitrogens with zero attached hydrogens (tertiary/aromatic N) is 5. The fourth-order valence-corrected chi connectivity index (χ4v) is 5.18. The summed E-state index contributed by atoms with van der Waals surface area (Å²) in [6.45, 7) is 11.2. The number of hydrogen-bond acceptors (Lipinski definition) is 5. The Bertz CT molecular complexity index is 1620. The van der Waals surface area contributed by atoms with Crippen molar-refractivity contribution < 1.29 is 4.79 Å². The minimum atomic E-state index is -0.434. The van der Waals surface area contributed by atoms with E-state index in [0.717, 1.165) is 66.5 Å². The zero-order chi connectivity index (χ0) is 26.4. The highest BCUT2D eigenvalue weighted by molar-refractivity contribution is 5.93. The lowest BCUT2D eigenvalue weighted by molar-refractivity contribution is 0.1000. The molecule has 2 aromatic carbocycles. The molecular formula is C30H33N7O. The van der Waals surface area contributed by atoms with Gasteiger partial charge in [0.05, 0.1) is 22.5 Å². The maximum Gasteiger partial charge on any atom is 0.250 e. The fraction of sp³-hybridized carbons (Fsp3) is 0.300. The number of imidazole rings is 2. The molecule has 4 heterocycles. The zero-order valence-corrected chi connectivity index (χ0v) is 22.1. The Morgan fingerprint density at radius 3 is 2.42 bits per heavy atom. The number of benzene rings is 2. The molecule has 3 aromatic heterocycles. The molecule has 1 fully saturated rings. The van der Waals surface area contributed by atoms with Crippen LogP contribution in [-0.4, -0.2) is 56.3 Å². The van der Waals surface area contributed by atoms with E-state index in [1.54, 1.807) is 12.3 Å². The van der Waals surface area contributed by atoms with Crippen molar-refractivity contribution in [3.63, 3.8) is 0 Å². The molecule has 1 aliphatic heterocycles. The van der Waals surface area contributed by atoms with Gasteiger partial charge in [0.25, 0.3) is 0 Å². The Hall–Kier alpha value is -4.17. The van der Waals surface area contributed by atoms with Crippen molar-refractivity contribution in [2.24, 2.45) is 5.73 Å². The van der Waals surface area contributed by atoms with Gasteiger partial charge in [0.2, 0.25) is 5.91 Å². The van der Waals surface area contributed by atoms with Crippen LogP contribution in [0.2, 0.25) is 0 Å². The molecule has 1 amide bonds. The number of carbonyl (C=O) groups excluding carboxylic acids is 1. The van der Waals surface area contributed by atoms with Gasteiger partial charge in [-0.2, -0.15) is 0 Å². The van der Waals surface area contributed by atoms with Crippen molar-refractivity contribution in [1.29, 1.82) is 0 Å². The number of aromatic nitrogens is 4. The first kappa shape index (κ1) is 24.2. The van der Waals surface area contributed by atoms with E-state index in [0.29, 0.717) is 5.56 Å². The first-order valence-corrected chi connectivity index (χ1v) is 13.1. The van der Waals surface area contributed by atoms with E-state index < -0.39 is 5.91 Å². The lowest BCUT2D eigenvalue weighted by atomic mass is 9.87. The van der Waals surface area contributed by atoms with Crippen LogP contribution in [-0.2, 0) is 12.0 Å². The van der Waals surface area contributed by atoms with Crippen LogP contribution >= 0.6 is 0 Å². The minimum Gasteiger partial charge on any atom is -0.367 e. The highest BCUT2D eigenvalue weighted by Crippen LogP contribution is 2.30. The molecule has 1 aliphatic rings. The Morgan fingerprint density at radius 2 is 1.71 bits per heavy atom. The number of anilines is 1. The number of nitrogens with two attached hydrogens (primary N) is 1. The summed E-state index contributed by atoms with van der Waals surface area (Å²) in [6.07, 6.45) is 3.72. The summed E-state index contributed by atoms with van der Waals surface area (Å²) in [5, 5.41) is 0. The van der Waals surface area contributed by atoms with Crippen LogP contribution in [0.3, 0.4) is 0 Å². The topological polar surface area (TPSA) is 95.6 Å². The summed E-state index contributed by atoms with van der Waals surface area (Å²) >= 11 is 0.